The zero-order valence-electron chi connectivity index (χ0n) is 14.2. The van der Waals surface area contributed by atoms with Gasteiger partial charge < -0.3 is 10.1 Å². The van der Waals surface area contributed by atoms with Crippen LogP contribution < -0.4 is 14.8 Å². The highest BCUT2D eigenvalue weighted by molar-refractivity contribution is 7.92. The maximum absolute atomic E-state index is 12.5. The van der Waals surface area contributed by atoms with Gasteiger partial charge in [0, 0.05) is 11.7 Å². The Bertz CT molecular complexity index is 909. The summed E-state index contributed by atoms with van der Waals surface area (Å²) in [5, 5.41) is 2.92. The van der Waals surface area contributed by atoms with Crippen LogP contribution in [0.25, 0.3) is 0 Å². The molecule has 0 radical (unpaired) electrons. The van der Waals surface area contributed by atoms with Gasteiger partial charge in [-0.3, -0.25) is 9.52 Å². The maximum Gasteiger partial charge on any atom is 0.261 e. The molecule has 1 fully saturated rings. The second-order valence-electron chi connectivity index (χ2n) is 6.19. The van der Waals surface area contributed by atoms with E-state index >= 15 is 0 Å². The Kier molecular flexibility index (Phi) is 5.38. The minimum atomic E-state index is -3.77. The first-order valence-electron chi connectivity index (χ1n) is 8.15. The average Bonchev–Trinajstić information content (AvgIpc) is 3.39. The molecule has 1 aliphatic carbocycles. The molecule has 0 spiro atoms. The van der Waals surface area contributed by atoms with Crippen LogP contribution >= 0.6 is 11.6 Å². The number of hydrogen-bond acceptors (Lipinski definition) is 4. The molecule has 2 N–H and O–H groups in total. The summed E-state index contributed by atoms with van der Waals surface area (Å²) >= 11 is 6.11. The van der Waals surface area contributed by atoms with Crippen LogP contribution in [0.4, 0.5) is 5.69 Å². The summed E-state index contributed by atoms with van der Waals surface area (Å²) in [6.07, 6.45) is 1.99. The standard InChI is InChI=1S/C18H19ClN2O4S/c1-12-2-4-14(5-3-12)21-26(23,24)15-8-9-17(16(19)10-15)25-11-18(22)20-13-6-7-13/h2-5,8-10,13,21H,6-7,11H2,1H3,(H,20,22). The smallest absolute Gasteiger partial charge is 0.261 e. The van der Waals surface area contributed by atoms with E-state index in [1.807, 2.05) is 19.1 Å². The van der Waals surface area contributed by atoms with Gasteiger partial charge in [-0.05, 0) is 50.1 Å². The summed E-state index contributed by atoms with van der Waals surface area (Å²) in [6.45, 7) is 1.76. The number of ether oxygens (including phenoxy) is 1. The SMILES string of the molecule is Cc1ccc(NS(=O)(=O)c2ccc(OCC(=O)NC3CC3)c(Cl)c2)cc1. The third kappa shape index (κ3) is 4.89. The van der Waals surface area contributed by atoms with E-state index < -0.39 is 10.0 Å². The summed E-state index contributed by atoms with van der Waals surface area (Å²) in [5.74, 6) is 0.0354. The Morgan fingerprint density at radius 1 is 1.19 bits per heavy atom. The molecule has 3 rings (SSSR count). The third-order valence-corrected chi connectivity index (χ3v) is 5.49. The number of amides is 1. The van der Waals surface area contributed by atoms with E-state index in [0.717, 1.165) is 18.4 Å². The van der Waals surface area contributed by atoms with Gasteiger partial charge in [0.25, 0.3) is 15.9 Å². The summed E-state index contributed by atoms with van der Waals surface area (Å²) in [5.41, 5.74) is 1.49. The van der Waals surface area contributed by atoms with E-state index in [0.29, 0.717) is 5.69 Å². The second kappa shape index (κ2) is 7.55. The van der Waals surface area contributed by atoms with Gasteiger partial charge in [0.15, 0.2) is 6.61 Å². The van der Waals surface area contributed by atoms with Gasteiger partial charge >= 0.3 is 0 Å². The molecule has 0 heterocycles. The molecule has 0 aromatic heterocycles. The molecule has 0 aliphatic heterocycles. The molecular weight excluding hydrogens is 376 g/mol. The second-order valence-corrected chi connectivity index (χ2v) is 8.28. The largest absolute Gasteiger partial charge is 0.482 e. The summed E-state index contributed by atoms with van der Waals surface area (Å²) in [4.78, 5) is 11.7. The van der Waals surface area contributed by atoms with Crippen LogP contribution in [-0.4, -0.2) is 27.0 Å². The third-order valence-electron chi connectivity index (χ3n) is 3.82. The van der Waals surface area contributed by atoms with Gasteiger partial charge in [0.2, 0.25) is 0 Å². The fraction of sp³-hybridized carbons (Fsp3) is 0.278. The topological polar surface area (TPSA) is 84.5 Å². The molecular formula is C18H19ClN2O4S. The lowest BCUT2D eigenvalue weighted by molar-refractivity contribution is -0.123. The van der Waals surface area contributed by atoms with Gasteiger partial charge in [-0.15, -0.1) is 0 Å². The number of nitrogens with one attached hydrogen (secondary N) is 2. The van der Waals surface area contributed by atoms with E-state index in [1.54, 1.807) is 12.1 Å². The van der Waals surface area contributed by atoms with Crippen molar-refractivity contribution in [3.05, 3.63) is 53.1 Å². The Hall–Kier alpha value is -2.25. The number of rotatable bonds is 7. The number of benzene rings is 2. The predicted octanol–water partition coefficient (Wildman–Crippen LogP) is 3.11. The number of carbonyl (C=O) groups is 1. The van der Waals surface area contributed by atoms with E-state index in [1.165, 1.54) is 18.2 Å². The maximum atomic E-state index is 12.5. The normalized spacial score (nSPS) is 13.9. The summed E-state index contributed by atoms with van der Waals surface area (Å²) in [6, 6.07) is 11.4. The van der Waals surface area contributed by atoms with E-state index in [-0.39, 0.29) is 34.2 Å². The molecule has 1 aliphatic rings. The van der Waals surface area contributed by atoms with Crippen LogP contribution in [0.15, 0.2) is 47.4 Å². The Morgan fingerprint density at radius 2 is 1.88 bits per heavy atom. The lowest BCUT2D eigenvalue weighted by atomic mass is 10.2. The highest BCUT2D eigenvalue weighted by Gasteiger charge is 2.23. The Morgan fingerprint density at radius 3 is 2.50 bits per heavy atom. The Labute approximate surface area is 157 Å². The number of sulfonamides is 1. The van der Waals surface area contributed by atoms with Gasteiger partial charge in [-0.1, -0.05) is 29.3 Å². The first-order valence-corrected chi connectivity index (χ1v) is 10.0. The van der Waals surface area contributed by atoms with Gasteiger partial charge in [-0.25, -0.2) is 8.42 Å². The molecule has 0 atom stereocenters. The molecule has 2 aromatic rings. The van der Waals surface area contributed by atoms with E-state index in [9.17, 15) is 13.2 Å². The van der Waals surface area contributed by atoms with E-state index in [2.05, 4.69) is 10.0 Å². The number of hydrogen-bond donors (Lipinski definition) is 2. The van der Waals surface area contributed by atoms with Crippen molar-refractivity contribution >= 4 is 33.2 Å². The molecule has 2 aromatic carbocycles. The molecule has 0 bridgehead atoms. The minimum Gasteiger partial charge on any atom is -0.482 e. The van der Waals surface area contributed by atoms with Gasteiger partial charge in [0.1, 0.15) is 5.75 Å². The molecule has 26 heavy (non-hydrogen) atoms. The zero-order valence-corrected chi connectivity index (χ0v) is 15.7. The quantitative estimate of drug-likeness (QED) is 0.755. The molecule has 138 valence electrons. The molecule has 1 saturated carbocycles. The van der Waals surface area contributed by atoms with Crippen molar-refractivity contribution in [3.8, 4) is 5.75 Å². The number of anilines is 1. The minimum absolute atomic E-state index is 0.0119. The molecule has 0 saturated heterocycles. The van der Waals surface area contributed by atoms with Crippen molar-refractivity contribution in [2.24, 2.45) is 0 Å². The van der Waals surface area contributed by atoms with Crippen molar-refractivity contribution < 1.29 is 17.9 Å². The van der Waals surface area contributed by atoms with Gasteiger partial charge in [0.05, 0.1) is 9.92 Å². The molecule has 1 amide bonds. The lowest BCUT2D eigenvalue weighted by Crippen LogP contribution is -2.30. The molecule has 0 unspecified atom stereocenters. The van der Waals surface area contributed by atoms with Crippen LogP contribution in [-0.2, 0) is 14.8 Å². The first kappa shape index (κ1) is 18.5. The summed E-state index contributed by atoms with van der Waals surface area (Å²) < 4.78 is 32.8. The number of carbonyl (C=O) groups excluding carboxylic acids is 1. The molecule has 8 heteroatoms. The van der Waals surface area contributed by atoms with Crippen molar-refractivity contribution in [2.75, 3.05) is 11.3 Å². The average molecular weight is 395 g/mol. The fourth-order valence-electron chi connectivity index (χ4n) is 2.24. The number of aryl methyl sites for hydroxylation is 1. The van der Waals surface area contributed by atoms with Crippen molar-refractivity contribution in [1.82, 2.24) is 5.32 Å². The molecule has 6 nitrogen and oxygen atoms in total. The summed E-state index contributed by atoms with van der Waals surface area (Å²) in [7, 11) is -3.77. The lowest BCUT2D eigenvalue weighted by Gasteiger charge is -2.11. The highest BCUT2D eigenvalue weighted by Crippen LogP contribution is 2.28. The van der Waals surface area contributed by atoms with E-state index in [4.69, 9.17) is 16.3 Å². The van der Waals surface area contributed by atoms with Crippen molar-refractivity contribution in [1.29, 1.82) is 0 Å². The highest BCUT2D eigenvalue weighted by atomic mass is 35.5. The monoisotopic (exact) mass is 394 g/mol. The zero-order chi connectivity index (χ0) is 18.7. The first-order chi connectivity index (χ1) is 12.3. The van der Waals surface area contributed by atoms with Gasteiger partial charge in [-0.2, -0.15) is 0 Å². The van der Waals surface area contributed by atoms with Crippen LogP contribution in [0.5, 0.6) is 5.75 Å². The predicted molar refractivity (Wildman–Crippen MR) is 100 cm³/mol. The van der Waals surface area contributed by atoms with Crippen LogP contribution in [0.2, 0.25) is 5.02 Å². The van der Waals surface area contributed by atoms with Crippen molar-refractivity contribution in [2.45, 2.75) is 30.7 Å². The van der Waals surface area contributed by atoms with Crippen LogP contribution in [0.1, 0.15) is 18.4 Å². The Balaban J connectivity index is 1.67. The number of halogens is 1. The van der Waals surface area contributed by atoms with Crippen LogP contribution in [0, 0.1) is 6.92 Å². The van der Waals surface area contributed by atoms with Crippen LogP contribution in [0.3, 0.4) is 0 Å². The van der Waals surface area contributed by atoms with Crippen molar-refractivity contribution in [3.63, 3.8) is 0 Å². The fourth-order valence-corrected chi connectivity index (χ4v) is 3.63.